The Morgan fingerprint density at radius 2 is 1.78 bits per heavy atom. The molecule has 0 radical (unpaired) electrons. The fourth-order valence-electron chi connectivity index (χ4n) is 1.79. The van der Waals surface area contributed by atoms with Crippen molar-refractivity contribution in [3.8, 4) is 0 Å². The number of rotatable bonds is 7. The summed E-state index contributed by atoms with van der Waals surface area (Å²) in [4.78, 5) is 23.3. The van der Waals surface area contributed by atoms with Crippen LogP contribution in [0.25, 0.3) is 0 Å². The molecule has 1 aromatic rings. The summed E-state index contributed by atoms with van der Waals surface area (Å²) >= 11 is 12.0. The van der Waals surface area contributed by atoms with Crippen molar-refractivity contribution in [3.05, 3.63) is 33.8 Å². The van der Waals surface area contributed by atoms with E-state index in [0.29, 0.717) is 15.6 Å². The normalized spacial score (nSPS) is 13.5. The topological polar surface area (TPSA) is 104 Å². The molecule has 0 aromatic heterocycles. The molecular weight excluding hydrogens is 341 g/mol. The highest BCUT2D eigenvalue weighted by atomic mass is 35.5. The third-order valence-electron chi connectivity index (χ3n) is 3.27. The number of aliphatic hydroxyl groups is 1. The van der Waals surface area contributed by atoms with Gasteiger partial charge in [0.05, 0.1) is 18.7 Å². The summed E-state index contributed by atoms with van der Waals surface area (Å²) in [5, 5.41) is 15.6. The van der Waals surface area contributed by atoms with Gasteiger partial charge in [0, 0.05) is 22.2 Å². The van der Waals surface area contributed by atoms with Crippen molar-refractivity contribution in [1.82, 2.24) is 10.6 Å². The number of carbonyl (C=O) groups is 2. The zero-order valence-electron chi connectivity index (χ0n) is 13.0. The van der Waals surface area contributed by atoms with Crippen molar-refractivity contribution in [2.75, 3.05) is 13.1 Å². The SMILES string of the molecule is CC(C)[C@H](N)C(=O)NCC(=O)NCC(O)c1c(Cl)cccc1Cl. The lowest BCUT2D eigenvalue weighted by atomic mass is 10.1. The van der Waals surface area contributed by atoms with Crippen LogP contribution in [0.5, 0.6) is 0 Å². The zero-order chi connectivity index (χ0) is 17.6. The van der Waals surface area contributed by atoms with E-state index in [-0.39, 0.29) is 19.0 Å². The molecule has 0 saturated heterocycles. The quantitative estimate of drug-likeness (QED) is 0.586. The van der Waals surface area contributed by atoms with Gasteiger partial charge < -0.3 is 21.5 Å². The van der Waals surface area contributed by atoms with Gasteiger partial charge in [0.1, 0.15) is 0 Å². The molecule has 5 N–H and O–H groups in total. The molecule has 0 fully saturated rings. The number of carbonyl (C=O) groups excluding carboxylic acids is 2. The molecule has 0 bridgehead atoms. The van der Waals surface area contributed by atoms with Gasteiger partial charge in [-0.3, -0.25) is 9.59 Å². The van der Waals surface area contributed by atoms with E-state index in [1.165, 1.54) is 0 Å². The standard InChI is InChI=1S/C15H21Cl2N3O3/c1-8(2)14(18)15(23)20-7-12(22)19-6-11(21)13-9(16)4-3-5-10(13)17/h3-5,8,11,14,21H,6-7,18H2,1-2H3,(H,19,22)(H,20,23)/t11?,14-/m0/s1. The minimum atomic E-state index is -1.05. The summed E-state index contributed by atoms with van der Waals surface area (Å²) in [5.74, 6) is -0.872. The van der Waals surface area contributed by atoms with Crippen LogP contribution in [0.3, 0.4) is 0 Å². The second kappa shape index (κ2) is 9.08. The van der Waals surface area contributed by atoms with E-state index in [1.54, 1.807) is 18.2 Å². The molecule has 128 valence electrons. The van der Waals surface area contributed by atoms with E-state index >= 15 is 0 Å². The molecule has 1 aromatic carbocycles. The van der Waals surface area contributed by atoms with Crippen LogP contribution in [-0.4, -0.2) is 36.1 Å². The number of hydrogen-bond acceptors (Lipinski definition) is 4. The van der Waals surface area contributed by atoms with Crippen LogP contribution in [0.1, 0.15) is 25.5 Å². The summed E-state index contributed by atoms with van der Waals surface area (Å²) in [5.41, 5.74) is 6.01. The van der Waals surface area contributed by atoms with Gasteiger partial charge in [-0.05, 0) is 18.1 Å². The van der Waals surface area contributed by atoms with Crippen LogP contribution in [0.4, 0.5) is 0 Å². The largest absolute Gasteiger partial charge is 0.386 e. The average Bonchev–Trinajstić information content (AvgIpc) is 2.49. The first-order valence-corrected chi connectivity index (χ1v) is 7.91. The van der Waals surface area contributed by atoms with Crippen molar-refractivity contribution in [1.29, 1.82) is 0 Å². The van der Waals surface area contributed by atoms with Crippen LogP contribution in [0, 0.1) is 5.92 Å². The van der Waals surface area contributed by atoms with Crippen molar-refractivity contribution >= 4 is 35.0 Å². The first kappa shape index (κ1) is 19.7. The fourth-order valence-corrected chi connectivity index (χ4v) is 2.44. The van der Waals surface area contributed by atoms with Gasteiger partial charge in [-0.2, -0.15) is 0 Å². The predicted molar refractivity (Wildman–Crippen MR) is 90.3 cm³/mol. The lowest BCUT2D eigenvalue weighted by molar-refractivity contribution is -0.127. The summed E-state index contributed by atoms with van der Waals surface area (Å²) < 4.78 is 0. The zero-order valence-corrected chi connectivity index (χ0v) is 14.5. The number of amides is 2. The third-order valence-corrected chi connectivity index (χ3v) is 3.93. The molecule has 2 amide bonds. The lowest BCUT2D eigenvalue weighted by Crippen LogP contribution is -2.47. The maximum atomic E-state index is 11.7. The number of nitrogens with one attached hydrogen (secondary N) is 2. The molecule has 8 heteroatoms. The smallest absolute Gasteiger partial charge is 0.239 e. The Hall–Kier alpha value is -1.34. The fraction of sp³-hybridized carbons (Fsp3) is 0.467. The van der Waals surface area contributed by atoms with Gasteiger partial charge in [-0.15, -0.1) is 0 Å². The van der Waals surface area contributed by atoms with Crippen LogP contribution < -0.4 is 16.4 Å². The molecule has 0 aliphatic heterocycles. The van der Waals surface area contributed by atoms with Gasteiger partial charge in [-0.25, -0.2) is 0 Å². The number of hydrogen-bond donors (Lipinski definition) is 4. The molecule has 0 heterocycles. The van der Waals surface area contributed by atoms with Gasteiger partial charge in [0.25, 0.3) is 0 Å². The number of aliphatic hydroxyl groups excluding tert-OH is 1. The summed E-state index contributed by atoms with van der Waals surface area (Å²) in [6.45, 7) is 3.33. The molecule has 2 atom stereocenters. The molecule has 23 heavy (non-hydrogen) atoms. The maximum Gasteiger partial charge on any atom is 0.239 e. The second-order valence-electron chi connectivity index (χ2n) is 5.44. The number of benzene rings is 1. The van der Waals surface area contributed by atoms with Crippen LogP contribution >= 0.6 is 23.2 Å². The number of nitrogens with two attached hydrogens (primary N) is 1. The van der Waals surface area contributed by atoms with E-state index in [0.717, 1.165) is 0 Å². The third kappa shape index (κ3) is 5.99. The second-order valence-corrected chi connectivity index (χ2v) is 6.26. The van der Waals surface area contributed by atoms with Crippen molar-refractivity contribution < 1.29 is 14.7 Å². The lowest BCUT2D eigenvalue weighted by Gasteiger charge is -2.17. The Bertz CT molecular complexity index is 547. The highest BCUT2D eigenvalue weighted by molar-refractivity contribution is 6.36. The van der Waals surface area contributed by atoms with Crippen molar-refractivity contribution in [3.63, 3.8) is 0 Å². The molecule has 0 aliphatic rings. The highest BCUT2D eigenvalue weighted by Crippen LogP contribution is 2.29. The Morgan fingerprint density at radius 3 is 2.30 bits per heavy atom. The monoisotopic (exact) mass is 361 g/mol. The van der Waals surface area contributed by atoms with E-state index in [4.69, 9.17) is 28.9 Å². The molecule has 1 rings (SSSR count). The first-order valence-electron chi connectivity index (χ1n) is 7.16. The van der Waals surface area contributed by atoms with Crippen LogP contribution in [-0.2, 0) is 9.59 Å². The van der Waals surface area contributed by atoms with Gasteiger partial charge in [0.2, 0.25) is 11.8 Å². The summed E-state index contributed by atoms with van der Waals surface area (Å²) in [6.07, 6.45) is -1.05. The van der Waals surface area contributed by atoms with Gasteiger partial charge in [0.15, 0.2) is 0 Å². The summed E-state index contributed by atoms with van der Waals surface area (Å²) in [7, 11) is 0. The van der Waals surface area contributed by atoms with E-state index in [1.807, 2.05) is 13.8 Å². The molecule has 0 spiro atoms. The minimum absolute atomic E-state index is 0.0257. The Labute approximate surface area is 145 Å². The molecule has 0 saturated carbocycles. The molecular formula is C15H21Cl2N3O3. The van der Waals surface area contributed by atoms with Crippen molar-refractivity contribution in [2.24, 2.45) is 11.7 Å². The highest BCUT2D eigenvalue weighted by Gasteiger charge is 2.19. The Kier molecular flexibility index (Phi) is 7.78. The molecule has 1 unspecified atom stereocenters. The Balaban J connectivity index is 2.46. The van der Waals surface area contributed by atoms with E-state index in [9.17, 15) is 14.7 Å². The van der Waals surface area contributed by atoms with E-state index < -0.39 is 24.0 Å². The summed E-state index contributed by atoms with van der Waals surface area (Å²) in [6, 6.07) is 4.19. The average molecular weight is 362 g/mol. The number of halogens is 2. The van der Waals surface area contributed by atoms with Crippen LogP contribution in [0.2, 0.25) is 10.0 Å². The first-order chi connectivity index (χ1) is 10.7. The predicted octanol–water partition coefficient (Wildman–Crippen LogP) is 1.24. The Morgan fingerprint density at radius 1 is 1.22 bits per heavy atom. The van der Waals surface area contributed by atoms with Crippen molar-refractivity contribution in [2.45, 2.75) is 26.0 Å². The van der Waals surface area contributed by atoms with E-state index in [2.05, 4.69) is 10.6 Å². The molecule has 0 aliphatic carbocycles. The molecule has 6 nitrogen and oxygen atoms in total. The van der Waals surface area contributed by atoms with Gasteiger partial charge >= 0.3 is 0 Å². The van der Waals surface area contributed by atoms with Crippen LogP contribution in [0.15, 0.2) is 18.2 Å². The van der Waals surface area contributed by atoms with Gasteiger partial charge in [-0.1, -0.05) is 43.1 Å². The minimum Gasteiger partial charge on any atom is -0.386 e. The maximum absolute atomic E-state index is 11.7.